The predicted molar refractivity (Wildman–Crippen MR) is 103 cm³/mol. The van der Waals surface area contributed by atoms with Gasteiger partial charge in [0.05, 0.1) is 5.69 Å². The Labute approximate surface area is 156 Å². The summed E-state index contributed by atoms with van der Waals surface area (Å²) in [6, 6.07) is 20.2. The van der Waals surface area contributed by atoms with Gasteiger partial charge in [0.2, 0.25) is 0 Å². The lowest BCUT2D eigenvalue weighted by molar-refractivity contribution is -0.139. The smallest absolute Gasteiger partial charge is 0.341 e. The molecule has 0 unspecified atom stereocenters. The summed E-state index contributed by atoms with van der Waals surface area (Å²) in [6.07, 6.45) is 1.66. The topological polar surface area (TPSA) is 58.9 Å². The zero-order valence-corrected chi connectivity index (χ0v) is 14.7. The van der Waals surface area contributed by atoms with Gasteiger partial charge in [-0.05, 0) is 47.4 Å². The normalized spacial score (nSPS) is 10.9. The Morgan fingerprint density at radius 2 is 1.93 bits per heavy atom. The lowest BCUT2D eigenvalue weighted by Gasteiger charge is -2.06. The quantitative estimate of drug-likeness (QED) is 0.626. The van der Waals surface area contributed by atoms with Crippen molar-refractivity contribution < 1.29 is 19.0 Å². The molecule has 3 aromatic carbocycles. The minimum atomic E-state index is -1.16. The highest BCUT2D eigenvalue weighted by molar-refractivity contribution is 5.84. The Morgan fingerprint density at radius 1 is 1.11 bits per heavy atom. The molecule has 0 saturated heterocycles. The molecule has 136 valence electrons. The molecular weight excluding hydrogens is 345 g/mol. The number of halogens is 1. The highest BCUT2D eigenvalue weighted by Gasteiger charge is 2.06. The maximum absolute atomic E-state index is 14.0. The van der Waals surface area contributed by atoms with E-state index in [1.54, 1.807) is 12.3 Å². The maximum Gasteiger partial charge on any atom is 0.341 e. The van der Waals surface area contributed by atoms with Crippen molar-refractivity contribution in [3.8, 4) is 16.9 Å². The zero-order chi connectivity index (χ0) is 19.2. The van der Waals surface area contributed by atoms with Gasteiger partial charge >= 0.3 is 5.97 Å². The molecule has 0 aliphatic heterocycles. The van der Waals surface area contributed by atoms with Crippen LogP contribution in [-0.4, -0.2) is 23.9 Å². The molecule has 0 heterocycles. The minimum absolute atomic E-state index is 0.113. The van der Waals surface area contributed by atoms with Crippen molar-refractivity contribution in [3.63, 3.8) is 0 Å². The van der Waals surface area contributed by atoms with Crippen LogP contribution in [0.1, 0.15) is 11.1 Å². The van der Waals surface area contributed by atoms with Crippen molar-refractivity contribution in [2.75, 3.05) is 6.61 Å². The monoisotopic (exact) mass is 363 g/mol. The fraction of sp³-hybridized carbons (Fsp3) is 0.0909. The van der Waals surface area contributed by atoms with E-state index in [0.717, 1.165) is 16.7 Å². The van der Waals surface area contributed by atoms with Gasteiger partial charge in [-0.1, -0.05) is 42.5 Å². The average Bonchev–Trinajstić information content (AvgIpc) is 2.66. The van der Waals surface area contributed by atoms with E-state index >= 15 is 0 Å². The van der Waals surface area contributed by atoms with Gasteiger partial charge in [0, 0.05) is 12.3 Å². The van der Waals surface area contributed by atoms with Crippen LogP contribution in [-0.2, 0) is 4.79 Å². The number of rotatable bonds is 6. The summed E-state index contributed by atoms with van der Waals surface area (Å²) in [5.74, 6) is -1.93. The Morgan fingerprint density at radius 3 is 2.67 bits per heavy atom. The molecule has 0 saturated carbocycles. The number of carboxylic acid groups (broad SMARTS) is 1. The van der Waals surface area contributed by atoms with E-state index in [9.17, 15) is 9.18 Å². The van der Waals surface area contributed by atoms with E-state index in [0.29, 0.717) is 5.69 Å². The van der Waals surface area contributed by atoms with Crippen LogP contribution >= 0.6 is 0 Å². The Hall–Kier alpha value is -3.47. The number of benzene rings is 3. The van der Waals surface area contributed by atoms with Gasteiger partial charge in [-0.15, -0.1) is 0 Å². The first-order chi connectivity index (χ1) is 13.0. The SMILES string of the molecule is Cc1ccccc1-c1cccc(C=Nc2ccc(OCC(=O)O)c(F)c2)c1. The molecule has 0 fully saturated rings. The van der Waals surface area contributed by atoms with E-state index in [1.807, 2.05) is 36.4 Å². The lowest BCUT2D eigenvalue weighted by Crippen LogP contribution is -2.10. The fourth-order valence-electron chi connectivity index (χ4n) is 2.66. The summed E-state index contributed by atoms with van der Waals surface area (Å²) in [7, 11) is 0. The minimum Gasteiger partial charge on any atom is -0.479 e. The van der Waals surface area contributed by atoms with Gasteiger partial charge in [-0.25, -0.2) is 9.18 Å². The van der Waals surface area contributed by atoms with Crippen LogP contribution in [0.15, 0.2) is 71.7 Å². The van der Waals surface area contributed by atoms with E-state index in [2.05, 4.69) is 24.0 Å². The summed E-state index contributed by atoms with van der Waals surface area (Å²) in [5, 5.41) is 8.58. The van der Waals surface area contributed by atoms with Crippen LogP contribution < -0.4 is 4.74 Å². The number of carboxylic acids is 1. The molecule has 0 atom stereocenters. The number of nitrogens with zero attached hydrogens (tertiary/aromatic N) is 1. The molecule has 0 amide bonds. The molecule has 5 heteroatoms. The summed E-state index contributed by atoms with van der Waals surface area (Å²) in [4.78, 5) is 14.8. The number of aliphatic imine (C=N–C) groups is 1. The third-order valence-corrected chi connectivity index (χ3v) is 3.97. The summed E-state index contributed by atoms with van der Waals surface area (Å²) in [5.41, 5.74) is 4.73. The first-order valence-electron chi connectivity index (χ1n) is 8.37. The second-order valence-electron chi connectivity index (χ2n) is 6.00. The van der Waals surface area contributed by atoms with E-state index in [4.69, 9.17) is 9.84 Å². The molecule has 27 heavy (non-hydrogen) atoms. The lowest BCUT2D eigenvalue weighted by atomic mass is 9.99. The van der Waals surface area contributed by atoms with Gasteiger partial charge in [-0.2, -0.15) is 0 Å². The first-order valence-corrected chi connectivity index (χ1v) is 8.37. The number of hydrogen-bond acceptors (Lipinski definition) is 3. The molecule has 0 bridgehead atoms. The summed E-state index contributed by atoms with van der Waals surface area (Å²) in [6.45, 7) is 1.47. The standard InChI is InChI=1S/C22H18FNO3/c1-15-5-2-3-8-19(15)17-7-4-6-16(11-17)13-24-18-9-10-21(20(23)12-18)27-14-22(25)26/h2-13H,14H2,1H3,(H,25,26). The van der Waals surface area contributed by atoms with Crippen LogP contribution in [0.4, 0.5) is 10.1 Å². The van der Waals surface area contributed by atoms with Crippen molar-refractivity contribution in [2.24, 2.45) is 4.99 Å². The first kappa shape index (κ1) is 18.3. The Kier molecular flexibility index (Phi) is 5.61. The largest absolute Gasteiger partial charge is 0.479 e. The number of carbonyl (C=O) groups is 1. The van der Waals surface area contributed by atoms with Crippen molar-refractivity contribution in [1.29, 1.82) is 0 Å². The summed E-state index contributed by atoms with van der Waals surface area (Å²) >= 11 is 0. The molecule has 0 aliphatic rings. The van der Waals surface area contributed by atoms with Crippen LogP contribution in [0.25, 0.3) is 11.1 Å². The fourth-order valence-corrected chi connectivity index (χ4v) is 2.66. The van der Waals surface area contributed by atoms with Gasteiger partial charge in [0.1, 0.15) is 0 Å². The molecule has 0 aliphatic carbocycles. The molecule has 1 N–H and O–H groups in total. The number of hydrogen-bond donors (Lipinski definition) is 1. The molecule has 4 nitrogen and oxygen atoms in total. The molecule has 0 radical (unpaired) electrons. The van der Waals surface area contributed by atoms with Crippen LogP contribution in [0.5, 0.6) is 5.75 Å². The number of aryl methyl sites for hydroxylation is 1. The average molecular weight is 363 g/mol. The number of aliphatic carboxylic acids is 1. The van der Waals surface area contributed by atoms with Gasteiger partial charge in [-0.3, -0.25) is 4.99 Å². The molecule has 3 rings (SSSR count). The van der Waals surface area contributed by atoms with Crippen LogP contribution in [0.2, 0.25) is 0 Å². The zero-order valence-electron chi connectivity index (χ0n) is 14.7. The molecule has 0 aromatic heterocycles. The summed E-state index contributed by atoms with van der Waals surface area (Å²) < 4.78 is 18.8. The van der Waals surface area contributed by atoms with Gasteiger partial charge in [0.15, 0.2) is 18.2 Å². The van der Waals surface area contributed by atoms with Gasteiger partial charge in [0.25, 0.3) is 0 Å². The molecular formula is C22H18FNO3. The van der Waals surface area contributed by atoms with Crippen molar-refractivity contribution in [3.05, 3.63) is 83.7 Å². The van der Waals surface area contributed by atoms with E-state index in [1.165, 1.54) is 17.7 Å². The Balaban J connectivity index is 1.78. The third-order valence-electron chi connectivity index (χ3n) is 3.97. The van der Waals surface area contributed by atoms with Crippen molar-refractivity contribution in [2.45, 2.75) is 6.92 Å². The third kappa shape index (κ3) is 4.79. The van der Waals surface area contributed by atoms with Crippen LogP contribution in [0, 0.1) is 12.7 Å². The van der Waals surface area contributed by atoms with Crippen molar-refractivity contribution in [1.82, 2.24) is 0 Å². The van der Waals surface area contributed by atoms with Crippen molar-refractivity contribution >= 4 is 17.9 Å². The van der Waals surface area contributed by atoms with Crippen LogP contribution in [0.3, 0.4) is 0 Å². The second kappa shape index (κ2) is 8.27. The molecule has 3 aromatic rings. The number of ether oxygens (including phenoxy) is 1. The maximum atomic E-state index is 14.0. The predicted octanol–water partition coefficient (Wildman–Crippen LogP) is 5.02. The second-order valence-corrected chi connectivity index (χ2v) is 6.00. The highest BCUT2D eigenvalue weighted by atomic mass is 19.1. The Bertz CT molecular complexity index is 998. The molecule has 0 spiro atoms. The van der Waals surface area contributed by atoms with Gasteiger partial charge < -0.3 is 9.84 Å². The van der Waals surface area contributed by atoms with E-state index < -0.39 is 18.4 Å². The highest BCUT2D eigenvalue weighted by Crippen LogP contribution is 2.25. The van der Waals surface area contributed by atoms with E-state index in [-0.39, 0.29) is 5.75 Å².